The Bertz CT molecular complexity index is 492. The SMILES string of the molecule is CCCC1CC(c2ccc(O)cc2)C(C(=O)OC)C1=O. The van der Waals surface area contributed by atoms with Crippen molar-refractivity contribution in [1.82, 2.24) is 0 Å². The number of phenolic OH excluding ortho intramolecular Hbond substituents is 1. The van der Waals surface area contributed by atoms with Gasteiger partial charge in [0.05, 0.1) is 7.11 Å². The van der Waals surface area contributed by atoms with E-state index in [0.29, 0.717) is 6.42 Å². The number of ketones is 1. The Morgan fingerprint density at radius 3 is 2.55 bits per heavy atom. The van der Waals surface area contributed by atoms with Gasteiger partial charge in [0.15, 0.2) is 5.78 Å². The summed E-state index contributed by atoms with van der Waals surface area (Å²) in [5.74, 6) is -1.20. The first-order valence-electron chi connectivity index (χ1n) is 6.99. The highest BCUT2D eigenvalue weighted by atomic mass is 16.5. The zero-order valence-electron chi connectivity index (χ0n) is 11.8. The maximum atomic E-state index is 12.4. The third-order valence-electron chi connectivity index (χ3n) is 4.06. The fourth-order valence-corrected chi connectivity index (χ4v) is 3.08. The van der Waals surface area contributed by atoms with Gasteiger partial charge >= 0.3 is 5.97 Å². The Kier molecular flexibility index (Phi) is 4.42. The molecule has 0 aliphatic heterocycles. The maximum absolute atomic E-state index is 12.4. The van der Waals surface area contributed by atoms with Gasteiger partial charge in [0.25, 0.3) is 0 Å². The quantitative estimate of drug-likeness (QED) is 0.678. The highest BCUT2D eigenvalue weighted by Gasteiger charge is 2.46. The molecule has 20 heavy (non-hydrogen) atoms. The Balaban J connectivity index is 2.31. The molecule has 0 radical (unpaired) electrons. The van der Waals surface area contributed by atoms with Crippen LogP contribution < -0.4 is 0 Å². The van der Waals surface area contributed by atoms with Gasteiger partial charge in [0.2, 0.25) is 0 Å². The number of phenols is 1. The minimum absolute atomic E-state index is 0.00299. The molecule has 1 aliphatic rings. The van der Waals surface area contributed by atoms with Crippen molar-refractivity contribution in [2.75, 3.05) is 7.11 Å². The molecule has 3 atom stereocenters. The number of aromatic hydroxyl groups is 1. The number of benzene rings is 1. The molecule has 108 valence electrons. The van der Waals surface area contributed by atoms with Crippen LogP contribution in [0, 0.1) is 11.8 Å². The number of methoxy groups -OCH3 is 1. The molecule has 1 aliphatic carbocycles. The molecule has 1 aromatic carbocycles. The van der Waals surface area contributed by atoms with Crippen molar-refractivity contribution in [1.29, 1.82) is 0 Å². The van der Waals surface area contributed by atoms with Gasteiger partial charge in [-0.05, 0) is 30.5 Å². The smallest absolute Gasteiger partial charge is 0.316 e. The standard InChI is InChI=1S/C16H20O4/c1-3-4-11-9-13(10-5-7-12(17)8-6-10)14(15(11)18)16(19)20-2/h5-8,11,13-14,17H,3-4,9H2,1-2H3. The molecule has 0 heterocycles. The Morgan fingerprint density at radius 1 is 1.35 bits per heavy atom. The zero-order chi connectivity index (χ0) is 14.7. The first-order chi connectivity index (χ1) is 9.58. The summed E-state index contributed by atoms with van der Waals surface area (Å²) in [5.41, 5.74) is 0.908. The molecule has 0 amide bonds. The van der Waals surface area contributed by atoms with Crippen molar-refractivity contribution in [2.24, 2.45) is 11.8 Å². The summed E-state index contributed by atoms with van der Waals surface area (Å²) in [4.78, 5) is 24.3. The topological polar surface area (TPSA) is 63.6 Å². The third-order valence-corrected chi connectivity index (χ3v) is 4.06. The fourth-order valence-electron chi connectivity index (χ4n) is 3.08. The average molecular weight is 276 g/mol. The number of hydrogen-bond acceptors (Lipinski definition) is 4. The van der Waals surface area contributed by atoms with Gasteiger partial charge in [-0.1, -0.05) is 25.5 Å². The van der Waals surface area contributed by atoms with Crippen molar-refractivity contribution in [3.63, 3.8) is 0 Å². The summed E-state index contributed by atoms with van der Waals surface area (Å²) in [6.07, 6.45) is 2.41. The van der Waals surface area contributed by atoms with Crippen LogP contribution in [0.15, 0.2) is 24.3 Å². The second-order valence-corrected chi connectivity index (χ2v) is 5.32. The van der Waals surface area contributed by atoms with Crippen LogP contribution in [0.1, 0.15) is 37.7 Å². The maximum Gasteiger partial charge on any atom is 0.316 e. The predicted octanol–water partition coefficient (Wildman–Crippen LogP) is 2.65. The lowest BCUT2D eigenvalue weighted by Gasteiger charge is -2.16. The van der Waals surface area contributed by atoms with E-state index in [1.807, 2.05) is 6.92 Å². The van der Waals surface area contributed by atoms with E-state index >= 15 is 0 Å². The highest BCUT2D eigenvalue weighted by molar-refractivity contribution is 6.03. The lowest BCUT2D eigenvalue weighted by Crippen LogP contribution is -2.26. The molecule has 0 spiro atoms. The van der Waals surface area contributed by atoms with E-state index in [1.54, 1.807) is 24.3 Å². The molecule has 0 aromatic heterocycles. The lowest BCUT2D eigenvalue weighted by atomic mass is 9.88. The van der Waals surface area contributed by atoms with Crippen LogP contribution in [-0.4, -0.2) is 24.0 Å². The molecule has 4 nitrogen and oxygen atoms in total. The first-order valence-corrected chi connectivity index (χ1v) is 6.99. The second kappa shape index (κ2) is 6.07. The van der Waals surface area contributed by atoms with E-state index in [0.717, 1.165) is 18.4 Å². The summed E-state index contributed by atoms with van der Waals surface area (Å²) in [6, 6.07) is 6.72. The van der Waals surface area contributed by atoms with Crippen molar-refractivity contribution in [3.8, 4) is 5.75 Å². The number of esters is 1. The number of hydrogen-bond donors (Lipinski definition) is 1. The van der Waals surface area contributed by atoms with Crippen molar-refractivity contribution >= 4 is 11.8 Å². The molecule has 4 heteroatoms. The van der Waals surface area contributed by atoms with E-state index in [2.05, 4.69) is 0 Å². The number of carbonyl (C=O) groups excluding carboxylic acids is 2. The molecule has 2 rings (SSSR count). The molecule has 3 unspecified atom stereocenters. The Hall–Kier alpha value is -1.84. The molecular formula is C16H20O4. The predicted molar refractivity (Wildman–Crippen MR) is 74.4 cm³/mol. The monoisotopic (exact) mass is 276 g/mol. The number of Topliss-reactive ketones (excluding diaryl/α,β-unsaturated/α-hetero) is 1. The fraction of sp³-hybridized carbons (Fsp3) is 0.500. The van der Waals surface area contributed by atoms with Gasteiger partial charge in [0, 0.05) is 11.8 Å². The van der Waals surface area contributed by atoms with E-state index in [-0.39, 0.29) is 23.4 Å². The van der Waals surface area contributed by atoms with Gasteiger partial charge in [-0.25, -0.2) is 0 Å². The van der Waals surface area contributed by atoms with E-state index in [9.17, 15) is 14.7 Å². The van der Waals surface area contributed by atoms with Crippen LogP contribution in [0.3, 0.4) is 0 Å². The summed E-state index contributed by atoms with van der Waals surface area (Å²) >= 11 is 0. The molecule has 1 N–H and O–H groups in total. The largest absolute Gasteiger partial charge is 0.508 e. The van der Waals surface area contributed by atoms with Crippen molar-refractivity contribution < 1.29 is 19.4 Å². The van der Waals surface area contributed by atoms with Gasteiger partial charge in [-0.2, -0.15) is 0 Å². The third kappa shape index (κ3) is 2.69. The zero-order valence-corrected chi connectivity index (χ0v) is 11.8. The summed E-state index contributed by atoms with van der Waals surface area (Å²) in [5, 5.41) is 9.35. The van der Waals surface area contributed by atoms with Gasteiger partial charge in [-0.3, -0.25) is 9.59 Å². The minimum Gasteiger partial charge on any atom is -0.508 e. The summed E-state index contributed by atoms with van der Waals surface area (Å²) in [7, 11) is 1.32. The minimum atomic E-state index is -0.707. The lowest BCUT2D eigenvalue weighted by molar-refractivity contribution is -0.149. The highest BCUT2D eigenvalue weighted by Crippen LogP contribution is 2.43. The van der Waals surface area contributed by atoms with Gasteiger partial charge in [0.1, 0.15) is 11.7 Å². The summed E-state index contributed by atoms with van der Waals surface area (Å²) < 4.78 is 4.80. The van der Waals surface area contributed by atoms with Crippen LogP contribution in [0.5, 0.6) is 5.75 Å². The first kappa shape index (κ1) is 14.6. The number of carbonyl (C=O) groups is 2. The Labute approximate surface area is 118 Å². The molecule has 1 aromatic rings. The molecule has 0 bridgehead atoms. The van der Waals surface area contributed by atoms with E-state index in [4.69, 9.17) is 4.74 Å². The van der Waals surface area contributed by atoms with Crippen LogP contribution in [0.25, 0.3) is 0 Å². The van der Waals surface area contributed by atoms with Crippen LogP contribution >= 0.6 is 0 Å². The van der Waals surface area contributed by atoms with Gasteiger partial charge in [-0.15, -0.1) is 0 Å². The average Bonchev–Trinajstić information content (AvgIpc) is 2.77. The van der Waals surface area contributed by atoms with E-state index < -0.39 is 11.9 Å². The van der Waals surface area contributed by atoms with Crippen LogP contribution in [-0.2, 0) is 14.3 Å². The summed E-state index contributed by atoms with van der Waals surface area (Å²) in [6.45, 7) is 2.04. The van der Waals surface area contributed by atoms with Crippen LogP contribution in [0.4, 0.5) is 0 Å². The number of ether oxygens (including phenoxy) is 1. The van der Waals surface area contributed by atoms with Crippen molar-refractivity contribution in [3.05, 3.63) is 29.8 Å². The molecule has 1 saturated carbocycles. The van der Waals surface area contributed by atoms with E-state index in [1.165, 1.54) is 7.11 Å². The molecule has 1 fully saturated rings. The molecular weight excluding hydrogens is 256 g/mol. The van der Waals surface area contributed by atoms with Crippen LogP contribution in [0.2, 0.25) is 0 Å². The number of rotatable bonds is 4. The normalized spacial score (nSPS) is 25.7. The Morgan fingerprint density at radius 2 is 2.00 bits per heavy atom. The molecule has 0 saturated heterocycles. The van der Waals surface area contributed by atoms with Crippen molar-refractivity contribution in [2.45, 2.75) is 32.1 Å². The second-order valence-electron chi connectivity index (χ2n) is 5.32. The van der Waals surface area contributed by atoms with Gasteiger partial charge < -0.3 is 9.84 Å².